The van der Waals surface area contributed by atoms with Gasteiger partial charge in [-0.3, -0.25) is 0 Å². The number of nitrogens with zero attached hydrogens (tertiary/aromatic N) is 2. The third kappa shape index (κ3) is 2.55. The first-order chi connectivity index (χ1) is 7.81. The summed E-state index contributed by atoms with van der Waals surface area (Å²) >= 11 is 0. The van der Waals surface area contributed by atoms with Gasteiger partial charge in [0.2, 0.25) is 0 Å². The predicted octanol–water partition coefficient (Wildman–Crippen LogP) is 2.45. The van der Waals surface area contributed by atoms with Crippen LogP contribution in [-0.2, 0) is 4.74 Å². The van der Waals surface area contributed by atoms with E-state index in [1.807, 2.05) is 12.3 Å². The molecule has 1 N–H and O–H groups in total. The van der Waals surface area contributed by atoms with E-state index in [2.05, 4.69) is 28.9 Å². The fourth-order valence-corrected chi connectivity index (χ4v) is 2.02. The molecule has 4 heteroatoms. The molecule has 0 amide bonds. The Balaban J connectivity index is 2.00. The van der Waals surface area contributed by atoms with E-state index in [1.165, 1.54) is 6.42 Å². The van der Waals surface area contributed by atoms with Crippen LogP contribution in [0.3, 0.4) is 0 Å². The lowest BCUT2D eigenvalue weighted by molar-refractivity contribution is 0.0873. The lowest BCUT2D eigenvalue weighted by atomic mass is 10.1. The van der Waals surface area contributed by atoms with Crippen LogP contribution in [0.4, 0.5) is 5.82 Å². The van der Waals surface area contributed by atoms with E-state index in [9.17, 15) is 0 Å². The van der Waals surface area contributed by atoms with E-state index < -0.39 is 0 Å². The third-order valence-electron chi connectivity index (χ3n) is 3.19. The topological polar surface area (TPSA) is 39.1 Å². The van der Waals surface area contributed by atoms with Gasteiger partial charge in [0.05, 0.1) is 24.9 Å². The van der Waals surface area contributed by atoms with Crippen LogP contribution in [0.1, 0.15) is 39.2 Å². The Labute approximate surface area is 97.0 Å². The molecular formula is C12H21N3O. The van der Waals surface area contributed by atoms with Gasteiger partial charge in [-0.2, -0.15) is 5.10 Å². The Kier molecular flexibility index (Phi) is 3.83. The van der Waals surface area contributed by atoms with Crippen LogP contribution in [0.25, 0.3) is 0 Å². The maximum atomic E-state index is 5.47. The molecule has 1 aromatic rings. The van der Waals surface area contributed by atoms with E-state index in [0.717, 1.165) is 31.9 Å². The first-order valence-corrected chi connectivity index (χ1v) is 6.19. The molecule has 2 heterocycles. The SMILES string of the molecule is CCC(C)n1nccc1NC1CCCOC1. The highest BCUT2D eigenvalue weighted by Crippen LogP contribution is 2.19. The summed E-state index contributed by atoms with van der Waals surface area (Å²) in [6, 6.07) is 2.93. The van der Waals surface area contributed by atoms with Gasteiger partial charge in [0, 0.05) is 12.7 Å². The maximum Gasteiger partial charge on any atom is 0.124 e. The van der Waals surface area contributed by atoms with Crippen molar-refractivity contribution in [2.75, 3.05) is 18.5 Å². The molecule has 1 fully saturated rings. The van der Waals surface area contributed by atoms with Crippen molar-refractivity contribution >= 4 is 5.82 Å². The normalized spacial score (nSPS) is 23.0. The van der Waals surface area contributed by atoms with Crippen LogP contribution >= 0.6 is 0 Å². The van der Waals surface area contributed by atoms with E-state index in [1.54, 1.807) is 0 Å². The van der Waals surface area contributed by atoms with Crippen LogP contribution in [0.15, 0.2) is 12.3 Å². The Morgan fingerprint density at radius 3 is 3.25 bits per heavy atom. The summed E-state index contributed by atoms with van der Waals surface area (Å²) < 4.78 is 7.53. The highest BCUT2D eigenvalue weighted by molar-refractivity contribution is 5.35. The number of nitrogens with one attached hydrogen (secondary N) is 1. The molecule has 1 aliphatic rings. The molecule has 90 valence electrons. The Hall–Kier alpha value is -1.03. The smallest absolute Gasteiger partial charge is 0.124 e. The lowest BCUT2D eigenvalue weighted by Gasteiger charge is -2.25. The first-order valence-electron chi connectivity index (χ1n) is 6.19. The van der Waals surface area contributed by atoms with Crippen molar-refractivity contribution in [3.05, 3.63) is 12.3 Å². The van der Waals surface area contributed by atoms with Crippen molar-refractivity contribution in [3.63, 3.8) is 0 Å². The van der Waals surface area contributed by atoms with Gasteiger partial charge < -0.3 is 10.1 Å². The van der Waals surface area contributed by atoms with Crippen LogP contribution in [0.5, 0.6) is 0 Å². The van der Waals surface area contributed by atoms with Crippen LogP contribution < -0.4 is 5.32 Å². The standard InChI is InChI=1S/C12H21N3O/c1-3-10(2)15-12(6-7-13-15)14-11-5-4-8-16-9-11/h6-7,10-11,14H,3-5,8-9H2,1-2H3. The second-order valence-corrected chi connectivity index (χ2v) is 4.48. The van der Waals surface area contributed by atoms with Gasteiger partial charge in [-0.1, -0.05) is 6.92 Å². The molecule has 0 aliphatic carbocycles. The van der Waals surface area contributed by atoms with Crippen molar-refractivity contribution in [3.8, 4) is 0 Å². The number of aromatic nitrogens is 2. The molecule has 16 heavy (non-hydrogen) atoms. The molecule has 1 saturated heterocycles. The van der Waals surface area contributed by atoms with Gasteiger partial charge in [0.1, 0.15) is 5.82 Å². The van der Waals surface area contributed by atoms with Crippen molar-refractivity contribution in [1.29, 1.82) is 0 Å². The van der Waals surface area contributed by atoms with Crippen LogP contribution in [0, 0.1) is 0 Å². The first kappa shape index (κ1) is 11.5. The summed E-state index contributed by atoms with van der Waals surface area (Å²) in [5.41, 5.74) is 0. The summed E-state index contributed by atoms with van der Waals surface area (Å²) in [6.45, 7) is 6.09. The molecule has 2 atom stereocenters. The Morgan fingerprint density at radius 2 is 2.56 bits per heavy atom. The molecular weight excluding hydrogens is 202 g/mol. The minimum Gasteiger partial charge on any atom is -0.379 e. The summed E-state index contributed by atoms with van der Waals surface area (Å²) in [7, 11) is 0. The predicted molar refractivity (Wildman–Crippen MR) is 64.7 cm³/mol. The lowest BCUT2D eigenvalue weighted by Crippen LogP contribution is -2.31. The van der Waals surface area contributed by atoms with E-state index in [-0.39, 0.29) is 0 Å². The zero-order chi connectivity index (χ0) is 11.4. The van der Waals surface area contributed by atoms with Crippen LogP contribution in [-0.4, -0.2) is 29.0 Å². The monoisotopic (exact) mass is 223 g/mol. The molecule has 2 unspecified atom stereocenters. The van der Waals surface area contributed by atoms with Gasteiger partial charge in [-0.25, -0.2) is 4.68 Å². The number of hydrogen-bond donors (Lipinski definition) is 1. The number of rotatable bonds is 4. The quantitative estimate of drug-likeness (QED) is 0.852. The fourth-order valence-electron chi connectivity index (χ4n) is 2.02. The molecule has 0 radical (unpaired) electrons. The van der Waals surface area contributed by atoms with Crippen molar-refractivity contribution in [1.82, 2.24) is 9.78 Å². The molecule has 1 aliphatic heterocycles. The highest BCUT2D eigenvalue weighted by atomic mass is 16.5. The van der Waals surface area contributed by atoms with Crippen LogP contribution in [0.2, 0.25) is 0 Å². The summed E-state index contributed by atoms with van der Waals surface area (Å²) in [4.78, 5) is 0. The van der Waals surface area contributed by atoms with Gasteiger partial charge in [-0.15, -0.1) is 0 Å². The maximum absolute atomic E-state index is 5.47. The zero-order valence-electron chi connectivity index (χ0n) is 10.1. The molecule has 0 aromatic carbocycles. The molecule has 1 aromatic heterocycles. The van der Waals surface area contributed by atoms with Gasteiger partial charge in [0.15, 0.2) is 0 Å². The zero-order valence-corrected chi connectivity index (χ0v) is 10.1. The minimum absolute atomic E-state index is 0.438. The highest BCUT2D eigenvalue weighted by Gasteiger charge is 2.16. The van der Waals surface area contributed by atoms with E-state index >= 15 is 0 Å². The largest absolute Gasteiger partial charge is 0.379 e. The van der Waals surface area contributed by atoms with Gasteiger partial charge >= 0.3 is 0 Å². The fraction of sp³-hybridized carbons (Fsp3) is 0.750. The average Bonchev–Trinajstić information content (AvgIpc) is 2.77. The second kappa shape index (κ2) is 5.34. The number of hydrogen-bond acceptors (Lipinski definition) is 3. The van der Waals surface area contributed by atoms with Crippen molar-refractivity contribution in [2.45, 2.75) is 45.2 Å². The summed E-state index contributed by atoms with van der Waals surface area (Å²) in [6.07, 6.45) is 5.29. The van der Waals surface area contributed by atoms with E-state index in [0.29, 0.717) is 12.1 Å². The Bertz CT molecular complexity index is 318. The average molecular weight is 223 g/mol. The Morgan fingerprint density at radius 1 is 1.69 bits per heavy atom. The minimum atomic E-state index is 0.438. The van der Waals surface area contributed by atoms with Crippen molar-refractivity contribution in [2.24, 2.45) is 0 Å². The molecule has 0 spiro atoms. The molecule has 4 nitrogen and oxygen atoms in total. The third-order valence-corrected chi connectivity index (χ3v) is 3.19. The van der Waals surface area contributed by atoms with Crippen molar-refractivity contribution < 1.29 is 4.74 Å². The summed E-state index contributed by atoms with van der Waals surface area (Å²) in [5, 5.41) is 7.89. The molecule has 0 saturated carbocycles. The number of anilines is 1. The van der Waals surface area contributed by atoms with E-state index in [4.69, 9.17) is 4.74 Å². The number of ether oxygens (including phenoxy) is 1. The molecule has 0 bridgehead atoms. The van der Waals surface area contributed by atoms with Gasteiger partial charge in [-0.05, 0) is 26.2 Å². The second-order valence-electron chi connectivity index (χ2n) is 4.48. The van der Waals surface area contributed by atoms with Gasteiger partial charge in [0.25, 0.3) is 0 Å². The summed E-state index contributed by atoms with van der Waals surface area (Å²) in [5.74, 6) is 1.12. The molecule has 2 rings (SSSR count).